The summed E-state index contributed by atoms with van der Waals surface area (Å²) in [5.41, 5.74) is -1.15. The number of carbonyl (C=O) groups is 2. The molecule has 1 N–H and O–H groups in total. The second kappa shape index (κ2) is 6.43. The smallest absolute Gasteiger partial charge is 0.410 e. The standard InChI is InChI=1S/C17H30N2O5/c1-16(2,3)23-14(21)18-8-11(10-20)9-19(13-7-12(13)18)15(22)24-17(4,5)6/h11-13,20H,7-10H2,1-6H3/t11-,12+,13-. The van der Waals surface area contributed by atoms with Gasteiger partial charge in [-0.3, -0.25) is 0 Å². The van der Waals surface area contributed by atoms with Crippen molar-refractivity contribution in [3.8, 4) is 0 Å². The molecule has 2 rings (SSSR count). The lowest BCUT2D eigenvalue weighted by Gasteiger charge is -2.29. The second-order valence-electron chi connectivity index (χ2n) is 8.68. The van der Waals surface area contributed by atoms with E-state index in [1.807, 2.05) is 41.5 Å². The molecular formula is C17H30N2O5. The van der Waals surface area contributed by atoms with Crippen molar-refractivity contribution in [2.45, 2.75) is 71.2 Å². The van der Waals surface area contributed by atoms with Crippen LogP contribution in [0.25, 0.3) is 0 Å². The molecule has 2 amide bonds. The number of fused-ring (bicyclic) bond motifs is 1. The molecule has 0 aromatic carbocycles. The molecule has 0 spiro atoms. The number of carbonyl (C=O) groups excluding carboxylic acids is 2. The maximum Gasteiger partial charge on any atom is 0.410 e. The third kappa shape index (κ3) is 4.75. The van der Waals surface area contributed by atoms with Crippen LogP contribution in [0.1, 0.15) is 48.0 Å². The van der Waals surface area contributed by atoms with Gasteiger partial charge in [0.15, 0.2) is 0 Å². The Balaban J connectivity index is 2.11. The largest absolute Gasteiger partial charge is 0.444 e. The molecule has 0 radical (unpaired) electrons. The van der Waals surface area contributed by atoms with Crippen LogP contribution in [0.15, 0.2) is 0 Å². The summed E-state index contributed by atoms with van der Waals surface area (Å²) in [6.07, 6.45) is -0.0598. The normalized spacial score (nSPS) is 27.2. The van der Waals surface area contributed by atoms with Crippen LogP contribution >= 0.6 is 0 Å². The van der Waals surface area contributed by atoms with E-state index in [9.17, 15) is 14.7 Å². The Morgan fingerprint density at radius 3 is 1.58 bits per heavy atom. The molecular weight excluding hydrogens is 312 g/mol. The van der Waals surface area contributed by atoms with Gasteiger partial charge in [-0.2, -0.15) is 0 Å². The summed E-state index contributed by atoms with van der Waals surface area (Å²) < 4.78 is 10.9. The van der Waals surface area contributed by atoms with E-state index in [1.54, 1.807) is 9.80 Å². The van der Waals surface area contributed by atoms with Gasteiger partial charge in [0.05, 0.1) is 12.1 Å². The van der Waals surface area contributed by atoms with E-state index in [4.69, 9.17) is 9.47 Å². The Kier molecular flexibility index (Phi) is 5.04. The van der Waals surface area contributed by atoms with Crippen molar-refractivity contribution in [3.63, 3.8) is 0 Å². The lowest BCUT2D eigenvalue weighted by atomic mass is 10.1. The van der Waals surface area contributed by atoms with E-state index < -0.39 is 11.2 Å². The fourth-order valence-corrected chi connectivity index (χ4v) is 2.90. The highest BCUT2D eigenvalue weighted by atomic mass is 16.6. The third-order valence-electron chi connectivity index (χ3n) is 3.95. The molecule has 3 atom stereocenters. The Hall–Kier alpha value is -1.50. The van der Waals surface area contributed by atoms with Crippen LogP contribution in [0.3, 0.4) is 0 Å². The lowest BCUT2D eigenvalue weighted by Crippen LogP contribution is -2.42. The van der Waals surface area contributed by atoms with Gasteiger partial charge in [0.2, 0.25) is 0 Å². The Morgan fingerprint density at radius 1 is 0.917 bits per heavy atom. The number of aliphatic hydroxyl groups is 1. The van der Waals surface area contributed by atoms with Gasteiger partial charge in [0, 0.05) is 25.6 Å². The van der Waals surface area contributed by atoms with Crippen LogP contribution < -0.4 is 0 Å². The average Bonchev–Trinajstić information content (AvgIpc) is 3.13. The molecule has 7 nitrogen and oxygen atoms in total. The van der Waals surface area contributed by atoms with Crippen molar-refractivity contribution < 1.29 is 24.2 Å². The molecule has 0 unspecified atom stereocenters. The first-order valence-electron chi connectivity index (χ1n) is 8.51. The Bertz CT molecular complexity index is 452. The number of rotatable bonds is 1. The fourth-order valence-electron chi connectivity index (χ4n) is 2.90. The molecule has 0 aromatic heterocycles. The summed E-state index contributed by atoms with van der Waals surface area (Å²) >= 11 is 0. The first kappa shape index (κ1) is 18.8. The monoisotopic (exact) mass is 342 g/mol. The quantitative estimate of drug-likeness (QED) is 0.790. The predicted octanol–water partition coefficient (Wildman–Crippen LogP) is 2.22. The van der Waals surface area contributed by atoms with Crippen molar-refractivity contribution in [2.24, 2.45) is 5.92 Å². The third-order valence-corrected chi connectivity index (χ3v) is 3.95. The number of nitrogens with zero attached hydrogens (tertiary/aromatic N) is 2. The van der Waals surface area contributed by atoms with Crippen molar-refractivity contribution in [1.29, 1.82) is 0 Å². The summed E-state index contributed by atoms with van der Waals surface area (Å²) in [5, 5.41) is 9.62. The SMILES string of the molecule is CC(C)(C)OC(=O)N1C[C@H](CO)CN(C(=O)OC(C)(C)C)[C@H]2C[C@H]21. The minimum Gasteiger partial charge on any atom is -0.444 e. The summed E-state index contributed by atoms with van der Waals surface area (Å²) in [7, 11) is 0. The molecule has 24 heavy (non-hydrogen) atoms. The minimum atomic E-state index is -0.576. The van der Waals surface area contributed by atoms with Crippen molar-refractivity contribution in [1.82, 2.24) is 9.80 Å². The van der Waals surface area contributed by atoms with E-state index in [-0.39, 0.29) is 36.8 Å². The summed E-state index contributed by atoms with van der Waals surface area (Å²) in [5.74, 6) is -0.210. The molecule has 0 aromatic rings. The number of ether oxygens (including phenoxy) is 2. The molecule has 7 heteroatoms. The molecule has 1 aliphatic heterocycles. The lowest BCUT2D eigenvalue weighted by molar-refractivity contribution is 0.0194. The number of hydrogen-bond donors (Lipinski definition) is 1. The molecule has 1 saturated carbocycles. The summed E-state index contributed by atoms with van der Waals surface area (Å²) in [6, 6.07) is -0.132. The Labute approximate surface area is 143 Å². The van der Waals surface area contributed by atoms with Gasteiger partial charge in [-0.05, 0) is 48.0 Å². The van der Waals surface area contributed by atoms with Gasteiger partial charge in [0.1, 0.15) is 11.2 Å². The molecule has 1 saturated heterocycles. The zero-order chi connectivity index (χ0) is 18.3. The Morgan fingerprint density at radius 2 is 1.29 bits per heavy atom. The zero-order valence-electron chi connectivity index (χ0n) is 15.5. The minimum absolute atomic E-state index is 0.0658. The van der Waals surface area contributed by atoms with E-state index in [0.717, 1.165) is 6.42 Å². The molecule has 138 valence electrons. The zero-order valence-corrected chi connectivity index (χ0v) is 15.5. The van der Waals surface area contributed by atoms with Crippen molar-refractivity contribution in [3.05, 3.63) is 0 Å². The van der Waals surface area contributed by atoms with E-state index in [0.29, 0.717) is 13.1 Å². The van der Waals surface area contributed by atoms with Crippen molar-refractivity contribution >= 4 is 12.2 Å². The summed E-state index contributed by atoms with van der Waals surface area (Å²) in [4.78, 5) is 28.2. The van der Waals surface area contributed by atoms with Crippen LogP contribution in [0.2, 0.25) is 0 Å². The predicted molar refractivity (Wildman–Crippen MR) is 88.6 cm³/mol. The molecule has 2 aliphatic rings. The van der Waals surface area contributed by atoms with Crippen LogP contribution in [-0.2, 0) is 9.47 Å². The molecule has 0 bridgehead atoms. The number of hydrogen-bond acceptors (Lipinski definition) is 5. The second-order valence-corrected chi connectivity index (χ2v) is 8.68. The van der Waals surface area contributed by atoms with Crippen molar-refractivity contribution in [2.75, 3.05) is 19.7 Å². The topological polar surface area (TPSA) is 79.3 Å². The molecule has 2 fully saturated rings. The van der Waals surface area contributed by atoms with E-state index >= 15 is 0 Å². The van der Waals surface area contributed by atoms with Gasteiger partial charge in [0.25, 0.3) is 0 Å². The maximum atomic E-state index is 12.5. The highest BCUT2D eigenvalue weighted by Gasteiger charge is 2.53. The van der Waals surface area contributed by atoms with Crippen LogP contribution in [0.4, 0.5) is 9.59 Å². The first-order chi connectivity index (χ1) is 10.9. The molecule has 1 aliphatic carbocycles. The van der Waals surface area contributed by atoms with Crippen LogP contribution in [-0.4, -0.2) is 70.1 Å². The van der Waals surface area contributed by atoms with E-state index in [2.05, 4.69) is 0 Å². The average molecular weight is 342 g/mol. The summed E-state index contributed by atoms with van der Waals surface area (Å²) in [6.45, 7) is 11.6. The number of aliphatic hydroxyl groups excluding tert-OH is 1. The fraction of sp³-hybridized carbons (Fsp3) is 0.882. The van der Waals surface area contributed by atoms with Gasteiger partial charge >= 0.3 is 12.2 Å². The molecule has 1 heterocycles. The highest BCUT2D eigenvalue weighted by molar-refractivity contribution is 5.72. The highest BCUT2D eigenvalue weighted by Crippen LogP contribution is 2.38. The van der Waals surface area contributed by atoms with E-state index in [1.165, 1.54) is 0 Å². The first-order valence-corrected chi connectivity index (χ1v) is 8.51. The number of amides is 2. The van der Waals surface area contributed by atoms with Gasteiger partial charge in [-0.25, -0.2) is 9.59 Å². The maximum absolute atomic E-state index is 12.5. The van der Waals surface area contributed by atoms with Crippen LogP contribution in [0.5, 0.6) is 0 Å². The van der Waals surface area contributed by atoms with Gasteiger partial charge in [-0.15, -0.1) is 0 Å². The van der Waals surface area contributed by atoms with Gasteiger partial charge < -0.3 is 24.4 Å². The van der Waals surface area contributed by atoms with Gasteiger partial charge in [-0.1, -0.05) is 0 Å². The van der Waals surface area contributed by atoms with Crippen LogP contribution in [0, 0.1) is 5.92 Å².